The second-order valence-corrected chi connectivity index (χ2v) is 9.62. The minimum Gasteiger partial charge on any atom is -0.351 e. The average Bonchev–Trinajstić information content (AvgIpc) is 2.48. The van der Waals surface area contributed by atoms with E-state index in [-0.39, 0.29) is 23.1 Å². The Kier molecular flexibility index (Phi) is 5.71. The number of sulfonamides is 1. The molecule has 0 spiro atoms. The molecule has 1 amide bonds. The smallest absolute Gasteiger partial charge is 0.223 e. The summed E-state index contributed by atoms with van der Waals surface area (Å²) in [6, 6.07) is 7.56. The summed E-state index contributed by atoms with van der Waals surface area (Å²) >= 11 is 0. The monoisotopic (exact) mass is 352 g/mol. The third-order valence-electron chi connectivity index (χ3n) is 4.19. The molecule has 5 nitrogen and oxygen atoms in total. The lowest BCUT2D eigenvalue weighted by molar-refractivity contribution is -0.127. The predicted octanol–water partition coefficient (Wildman–Crippen LogP) is 2.45. The Balaban J connectivity index is 1.93. The molecule has 1 heterocycles. The van der Waals surface area contributed by atoms with Crippen molar-refractivity contribution in [1.29, 1.82) is 0 Å². The molecule has 134 valence electrons. The van der Waals surface area contributed by atoms with Crippen molar-refractivity contribution >= 4 is 15.9 Å². The standard InChI is InChI=1S/C18H28N2O3S/c1-14-5-7-15(8-6-14)13-24(22,23)20-11-9-16(10-12-20)17(21)19-18(2,3)4/h5-8,16H,9-13H2,1-4H3,(H,19,21). The molecule has 1 saturated heterocycles. The van der Waals surface area contributed by atoms with Crippen molar-refractivity contribution in [3.8, 4) is 0 Å². The number of aryl methyl sites for hydroxylation is 1. The van der Waals surface area contributed by atoms with Gasteiger partial charge in [-0.1, -0.05) is 29.8 Å². The molecule has 2 rings (SSSR count). The van der Waals surface area contributed by atoms with E-state index in [4.69, 9.17) is 0 Å². The van der Waals surface area contributed by atoms with Crippen LogP contribution in [-0.2, 0) is 20.6 Å². The highest BCUT2D eigenvalue weighted by Gasteiger charge is 2.32. The van der Waals surface area contributed by atoms with Crippen LogP contribution in [0.25, 0.3) is 0 Å². The summed E-state index contributed by atoms with van der Waals surface area (Å²) in [5, 5.41) is 2.98. The second-order valence-electron chi connectivity index (χ2n) is 7.65. The molecular weight excluding hydrogens is 324 g/mol. The summed E-state index contributed by atoms with van der Waals surface area (Å²) in [5.41, 5.74) is 1.65. The summed E-state index contributed by atoms with van der Waals surface area (Å²) in [5.74, 6) is -0.0558. The van der Waals surface area contributed by atoms with Gasteiger partial charge < -0.3 is 5.32 Å². The van der Waals surface area contributed by atoms with Crippen molar-refractivity contribution in [2.75, 3.05) is 13.1 Å². The Morgan fingerprint density at radius 1 is 1.17 bits per heavy atom. The fourth-order valence-electron chi connectivity index (χ4n) is 2.85. The normalized spacial score (nSPS) is 17.7. The molecule has 1 aliphatic heterocycles. The van der Waals surface area contributed by atoms with Crippen molar-refractivity contribution in [2.24, 2.45) is 5.92 Å². The van der Waals surface area contributed by atoms with Gasteiger partial charge in [0.05, 0.1) is 5.75 Å². The fraction of sp³-hybridized carbons (Fsp3) is 0.611. The van der Waals surface area contributed by atoms with Gasteiger partial charge >= 0.3 is 0 Å². The molecule has 0 radical (unpaired) electrons. The SMILES string of the molecule is Cc1ccc(CS(=O)(=O)N2CCC(C(=O)NC(C)(C)C)CC2)cc1. The summed E-state index contributed by atoms with van der Waals surface area (Å²) in [7, 11) is -3.33. The van der Waals surface area contributed by atoms with E-state index in [1.807, 2.05) is 52.0 Å². The summed E-state index contributed by atoms with van der Waals surface area (Å²) in [4.78, 5) is 12.2. The number of amides is 1. The quantitative estimate of drug-likeness (QED) is 0.905. The van der Waals surface area contributed by atoms with E-state index in [1.165, 1.54) is 4.31 Å². The molecule has 0 aliphatic carbocycles. The number of hydrogen-bond acceptors (Lipinski definition) is 3. The largest absolute Gasteiger partial charge is 0.351 e. The van der Waals surface area contributed by atoms with Crippen molar-refractivity contribution in [1.82, 2.24) is 9.62 Å². The minimum atomic E-state index is -3.33. The van der Waals surface area contributed by atoms with Crippen LogP contribution in [0.5, 0.6) is 0 Å². The van der Waals surface area contributed by atoms with Crippen LogP contribution in [-0.4, -0.2) is 37.3 Å². The van der Waals surface area contributed by atoms with E-state index in [9.17, 15) is 13.2 Å². The first-order valence-corrected chi connectivity index (χ1v) is 10.0. The zero-order valence-electron chi connectivity index (χ0n) is 15.0. The number of piperidine rings is 1. The zero-order valence-corrected chi connectivity index (χ0v) is 15.8. The van der Waals surface area contributed by atoms with Gasteiger partial charge in [0.1, 0.15) is 0 Å². The lowest BCUT2D eigenvalue weighted by Gasteiger charge is -2.32. The molecule has 24 heavy (non-hydrogen) atoms. The molecule has 0 saturated carbocycles. The summed E-state index contributed by atoms with van der Waals surface area (Å²) in [6.07, 6.45) is 1.16. The van der Waals surface area contributed by atoms with Crippen LogP contribution in [0.15, 0.2) is 24.3 Å². The van der Waals surface area contributed by atoms with Crippen LogP contribution < -0.4 is 5.32 Å². The highest BCUT2D eigenvalue weighted by atomic mass is 32.2. The third kappa shape index (κ3) is 5.31. The second kappa shape index (κ2) is 7.23. The molecule has 0 unspecified atom stereocenters. The maximum atomic E-state index is 12.6. The van der Waals surface area contributed by atoms with Gasteiger partial charge in [-0.15, -0.1) is 0 Å². The topological polar surface area (TPSA) is 66.5 Å². The molecule has 1 aromatic rings. The molecule has 1 N–H and O–H groups in total. The highest BCUT2D eigenvalue weighted by molar-refractivity contribution is 7.88. The number of carbonyl (C=O) groups is 1. The lowest BCUT2D eigenvalue weighted by atomic mass is 9.96. The summed E-state index contributed by atoms with van der Waals surface area (Å²) in [6.45, 7) is 8.66. The maximum Gasteiger partial charge on any atom is 0.223 e. The van der Waals surface area contributed by atoms with Gasteiger partial charge in [0, 0.05) is 24.5 Å². The summed E-state index contributed by atoms with van der Waals surface area (Å²) < 4.78 is 26.7. The van der Waals surface area contributed by atoms with Gasteiger partial charge in [-0.05, 0) is 46.1 Å². The van der Waals surface area contributed by atoms with E-state index in [2.05, 4.69) is 5.32 Å². The van der Waals surface area contributed by atoms with Gasteiger partial charge in [-0.2, -0.15) is 0 Å². The van der Waals surface area contributed by atoms with Gasteiger partial charge in [-0.3, -0.25) is 4.79 Å². The first-order chi connectivity index (χ1) is 11.1. The zero-order chi connectivity index (χ0) is 18.0. The van der Waals surface area contributed by atoms with Crippen molar-refractivity contribution < 1.29 is 13.2 Å². The van der Waals surface area contributed by atoms with E-state index in [1.54, 1.807) is 0 Å². The Hall–Kier alpha value is -1.40. The van der Waals surface area contributed by atoms with Gasteiger partial charge in [0.25, 0.3) is 0 Å². The number of nitrogens with one attached hydrogen (secondary N) is 1. The Morgan fingerprint density at radius 3 is 2.21 bits per heavy atom. The number of benzene rings is 1. The van der Waals surface area contributed by atoms with Crippen molar-refractivity contribution in [3.05, 3.63) is 35.4 Å². The highest BCUT2D eigenvalue weighted by Crippen LogP contribution is 2.22. The van der Waals surface area contributed by atoms with Crippen LogP contribution in [0.1, 0.15) is 44.7 Å². The average molecular weight is 353 g/mol. The molecular formula is C18H28N2O3S. The van der Waals surface area contributed by atoms with Crippen LogP contribution in [0.2, 0.25) is 0 Å². The Bertz CT molecular complexity index is 667. The number of nitrogens with zero attached hydrogens (tertiary/aromatic N) is 1. The maximum absolute atomic E-state index is 12.6. The van der Waals surface area contributed by atoms with Crippen molar-refractivity contribution in [3.63, 3.8) is 0 Å². The van der Waals surface area contributed by atoms with Crippen LogP contribution in [0.3, 0.4) is 0 Å². The van der Waals surface area contributed by atoms with Gasteiger partial charge in [-0.25, -0.2) is 12.7 Å². The number of carbonyl (C=O) groups excluding carboxylic acids is 1. The molecule has 1 aliphatic rings. The predicted molar refractivity (Wildman–Crippen MR) is 96.0 cm³/mol. The number of hydrogen-bond donors (Lipinski definition) is 1. The molecule has 1 fully saturated rings. The van der Waals surface area contributed by atoms with E-state index < -0.39 is 10.0 Å². The number of rotatable bonds is 4. The molecule has 0 aromatic heterocycles. The molecule has 0 bridgehead atoms. The Labute approximate surface area is 145 Å². The molecule has 6 heteroatoms. The molecule has 0 atom stereocenters. The van der Waals surface area contributed by atoms with E-state index in [0.717, 1.165) is 11.1 Å². The lowest BCUT2D eigenvalue weighted by Crippen LogP contribution is -2.48. The van der Waals surface area contributed by atoms with E-state index in [0.29, 0.717) is 25.9 Å². The first-order valence-electron chi connectivity index (χ1n) is 8.42. The van der Waals surface area contributed by atoms with Crippen LogP contribution in [0.4, 0.5) is 0 Å². The van der Waals surface area contributed by atoms with E-state index >= 15 is 0 Å². The van der Waals surface area contributed by atoms with Crippen LogP contribution >= 0.6 is 0 Å². The fourth-order valence-corrected chi connectivity index (χ4v) is 4.42. The van der Waals surface area contributed by atoms with Gasteiger partial charge in [0.2, 0.25) is 15.9 Å². The van der Waals surface area contributed by atoms with Gasteiger partial charge in [0.15, 0.2) is 0 Å². The van der Waals surface area contributed by atoms with Crippen LogP contribution in [0, 0.1) is 12.8 Å². The minimum absolute atomic E-state index is 0.0200. The Morgan fingerprint density at radius 2 is 1.71 bits per heavy atom. The molecule has 1 aromatic carbocycles. The third-order valence-corrected chi connectivity index (χ3v) is 6.04. The van der Waals surface area contributed by atoms with Crippen molar-refractivity contribution in [2.45, 2.75) is 51.8 Å². The first kappa shape index (κ1) is 18.9.